The largest absolute Gasteiger partial charge is 0.478 e. The zero-order valence-electron chi connectivity index (χ0n) is 11.6. The number of nitrogens with zero attached hydrogens (tertiary/aromatic N) is 1. The van der Waals surface area contributed by atoms with Crippen molar-refractivity contribution >= 4 is 23.7 Å². The highest BCUT2D eigenvalue weighted by molar-refractivity contribution is 6.24. The molecule has 0 atom stereocenters. The summed E-state index contributed by atoms with van der Waals surface area (Å²) in [6.07, 6.45) is 1.54. The van der Waals surface area contributed by atoms with E-state index in [1.807, 2.05) is 0 Å². The Kier molecular flexibility index (Phi) is 3.34. The molecule has 110 valence electrons. The molecule has 0 amide bonds. The van der Waals surface area contributed by atoms with Crippen molar-refractivity contribution < 1.29 is 24.0 Å². The van der Waals surface area contributed by atoms with Crippen molar-refractivity contribution in [1.29, 1.82) is 0 Å². The van der Waals surface area contributed by atoms with Crippen molar-refractivity contribution in [3.63, 3.8) is 0 Å². The van der Waals surface area contributed by atoms with Crippen LogP contribution in [0.15, 0.2) is 51.5 Å². The first-order valence-corrected chi connectivity index (χ1v) is 6.46. The Morgan fingerprint density at radius 3 is 2.77 bits per heavy atom. The Balaban J connectivity index is 1.93. The van der Waals surface area contributed by atoms with Crippen molar-refractivity contribution in [2.75, 3.05) is 0 Å². The first-order chi connectivity index (χ1) is 10.5. The van der Waals surface area contributed by atoms with Crippen molar-refractivity contribution in [2.45, 2.75) is 6.92 Å². The Morgan fingerprint density at radius 1 is 1.27 bits per heavy atom. The van der Waals surface area contributed by atoms with Crippen molar-refractivity contribution in [1.82, 2.24) is 0 Å². The van der Waals surface area contributed by atoms with Crippen LogP contribution in [0.2, 0.25) is 0 Å². The zero-order chi connectivity index (χ0) is 15.7. The maximum atomic E-state index is 11.5. The second-order valence-corrected chi connectivity index (χ2v) is 4.70. The highest BCUT2D eigenvalue weighted by atomic mass is 16.7. The molecule has 0 radical (unpaired) electrons. The van der Waals surface area contributed by atoms with Crippen LogP contribution in [0.3, 0.4) is 0 Å². The number of hydrogen-bond acceptors (Lipinski definition) is 5. The van der Waals surface area contributed by atoms with E-state index in [4.69, 9.17) is 9.52 Å². The van der Waals surface area contributed by atoms with Crippen LogP contribution in [0.5, 0.6) is 0 Å². The minimum Gasteiger partial charge on any atom is -0.478 e. The lowest BCUT2D eigenvalue weighted by atomic mass is 10.1. The number of aromatic carboxylic acids is 1. The molecule has 0 saturated carbocycles. The molecule has 1 aromatic carbocycles. The third kappa shape index (κ3) is 2.54. The van der Waals surface area contributed by atoms with Gasteiger partial charge in [0.25, 0.3) is 0 Å². The molecule has 0 saturated heterocycles. The molecule has 1 aliphatic rings. The summed E-state index contributed by atoms with van der Waals surface area (Å²) in [5.74, 6) is -0.561. The molecule has 0 bridgehead atoms. The molecule has 3 rings (SSSR count). The highest BCUT2D eigenvalue weighted by Crippen LogP contribution is 2.25. The molecule has 22 heavy (non-hydrogen) atoms. The average molecular weight is 297 g/mol. The summed E-state index contributed by atoms with van der Waals surface area (Å²) in [5, 5.41) is 12.6. The molecule has 2 heterocycles. The van der Waals surface area contributed by atoms with E-state index in [1.165, 1.54) is 12.1 Å². The molecule has 6 nitrogen and oxygen atoms in total. The lowest BCUT2D eigenvalue weighted by molar-refractivity contribution is -0.136. The Hall–Kier alpha value is -3.15. The van der Waals surface area contributed by atoms with Gasteiger partial charge in [0.05, 0.1) is 16.8 Å². The smallest absolute Gasteiger partial charge is 0.367 e. The number of carboxylic acids is 1. The fourth-order valence-corrected chi connectivity index (χ4v) is 2.05. The van der Waals surface area contributed by atoms with Crippen LogP contribution >= 0.6 is 0 Å². The third-order valence-corrected chi connectivity index (χ3v) is 3.18. The number of rotatable bonds is 3. The van der Waals surface area contributed by atoms with Gasteiger partial charge in [-0.15, -0.1) is 0 Å². The second-order valence-electron chi connectivity index (χ2n) is 4.70. The van der Waals surface area contributed by atoms with Crippen LogP contribution in [0.1, 0.15) is 23.0 Å². The minimum atomic E-state index is -1.00. The molecule has 0 fully saturated rings. The molecule has 0 unspecified atom stereocenters. The molecule has 0 aliphatic carbocycles. The highest BCUT2D eigenvalue weighted by Gasteiger charge is 2.22. The number of hydrogen-bond donors (Lipinski definition) is 1. The number of carbonyl (C=O) groups is 2. The molecular weight excluding hydrogens is 286 g/mol. The normalized spacial score (nSPS) is 15.8. The van der Waals surface area contributed by atoms with Gasteiger partial charge in [0, 0.05) is 5.56 Å². The summed E-state index contributed by atoms with van der Waals surface area (Å²) in [6.45, 7) is 1.66. The van der Waals surface area contributed by atoms with E-state index in [2.05, 4.69) is 9.99 Å². The van der Waals surface area contributed by atoms with E-state index in [9.17, 15) is 9.59 Å². The van der Waals surface area contributed by atoms with Crippen LogP contribution in [0.4, 0.5) is 0 Å². The van der Waals surface area contributed by atoms with Gasteiger partial charge in [0.15, 0.2) is 0 Å². The van der Waals surface area contributed by atoms with Gasteiger partial charge in [-0.1, -0.05) is 17.3 Å². The van der Waals surface area contributed by atoms with Gasteiger partial charge in [-0.2, -0.15) is 0 Å². The lowest BCUT2D eigenvalue weighted by Gasteiger charge is -1.99. The van der Waals surface area contributed by atoms with E-state index >= 15 is 0 Å². The third-order valence-electron chi connectivity index (χ3n) is 3.18. The predicted molar refractivity (Wildman–Crippen MR) is 78.3 cm³/mol. The molecule has 6 heteroatoms. The number of carbonyl (C=O) groups excluding carboxylic acids is 1. The summed E-state index contributed by atoms with van der Waals surface area (Å²) < 4.78 is 5.63. The van der Waals surface area contributed by atoms with Crippen molar-refractivity contribution in [3.8, 4) is 11.3 Å². The monoisotopic (exact) mass is 297 g/mol. The fraction of sp³-hybridized carbons (Fsp3) is 0.0625. The van der Waals surface area contributed by atoms with Gasteiger partial charge in [-0.25, -0.2) is 9.59 Å². The summed E-state index contributed by atoms with van der Waals surface area (Å²) in [4.78, 5) is 27.0. The fourth-order valence-electron chi connectivity index (χ4n) is 2.05. The maximum Gasteiger partial charge on any atom is 0.367 e. The molecule has 1 N–H and O–H groups in total. The molecule has 2 aromatic rings. The standard InChI is InChI=1S/C16H11NO5/c1-9-13(16(20)22-17-9)8-12-5-6-14(21-12)10-3-2-4-11(7-10)15(18)19/h2-8H,1H3,(H,18,19)/b13-8+. The molecular formula is C16H11NO5. The number of benzene rings is 1. The Bertz CT molecular complexity index is 829. The topological polar surface area (TPSA) is 89.1 Å². The summed E-state index contributed by atoms with van der Waals surface area (Å²) >= 11 is 0. The minimum absolute atomic E-state index is 0.177. The van der Waals surface area contributed by atoms with Gasteiger partial charge in [-0.05, 0) is 37.3 Å². The average Bonchev–Trinajstić information content (AvgIpc) is 3.10. The SMILES string of the molecule is CC1=NOC(=O)/C1=C/c1ccc(-c2cccc(C(=O)O)c2)o1. The summed E-state index contributed by atoms with van der Waals surface area (Å²) in [7, 11) is 0. The van der Waals surface area contributed by atoms with E-state index in [1.54, 1.807) is 37.3 Å². The molecule has 1 aliphatic heterocycles. The number of furan rings is 1. The number of oxime groups is 1. The summed E-state index contributed by atoms with van der Waals surface area (Å²) in [6, 6.07) is 9.82. The summed E-state index contributed by atoms with van der Waals surface area (Å²) in [5.41, 5.74) is 1.64. The van der Waals surface area contributed by atoms with Crippen LogP contribution in [-0.2, 0) is 9.63 Å². The van der Waals surface area contributed by atoms with Crippen LogP contribution in [0.25, 0.3) is 17.4 Å². The first-order valence-electron chi connectivity index (χ1n) is 6.46. The van der Waals surface area contributed by atoms with E-state index in [0.717, 1.165) is 0 Å². The number of carboxylic acid groups (broad SMARTS) is 1. The second kappa shape index (κ2) is 5.33. The Labute approximate surface area is 125 Å². The van der Waals surface area contributed by atoms with Crippen molar-refractivity contribution in [2.24, 2.45) is 5.16 Å². The zero-order valence-corrected chi connectivity index (χ0v) is 11.6. The lowest BCUT2D eigenvalue weighted by Crippen LogP contribution is -2.01. The van der Waals surface area contributed by atoms with Gasteiger partial charge in [0.1, 0.15) is 11.5 Å². The predicted octanol–water partition coefficient (Wildman–Crippen LogP) is 2.96. The van der Waals surface area contributed by atoms with Crippen LogP contribution in [0, 0.1) is 0 Å². The van der Waals surface area contributed by atoms with E-state index in [-0.39, 0.29) is 5.56 Å². The van der Waals surface area contributed by atoms with Gasteiger partial charge in [-0.3, -0.25) is 0 Å². The van der Waals surface area contributed by atoms with Gasteiger partial charge < -0.3 is 14.4 Å². The van der Waals surface area contributed by atoms with E-state index in [0.29, 0.717) is 28.4 Å². The molecule has 0 spiro atoms. The van der Waals surface area contributed by atoms with E-state index < -0.39 is 11.9 Å². The quantitative estimate of drug-likeness (QED) is 0.695. The van der Waals surface area contributed by atoms with Crippen LogP contribution < -0.4 is 0 Å². The van der Waals surface area contributed by atoms with Gasteiger partial charge in [0.2, 0.25) is 0 Å². The Morgan fingerprint density at radius 2 is 2.09 bits per heavy atom. The van der Waals surface area contributed by atoms with Crippen LogP contribution in [-0.4, -0.2) is 22.8 Å². The molecule has 1 aromatic heterocycles. The van der Waals surface area contributed by atoms with Gasteiger partial charge >= 0.3 is 11.9 Å². The maximum absolute atomic E-state index is 11.5. The van der Waals surface area contributed by atoms with Crippen molar-refractivity contribution in [3.05, 3.63) is 53.3 Å². The first kappa shape index (κ1) is 13.8.